The van der Waals surface area contributed by atoms with Crippen molar-refractivity contribution in [2.45, 2.75) is 6.42 Å². The average molecular weight is 328 g/mol. The summed E-state index contributed by atoms with van der Waals surface area (Å²) in [6.45, 7) is -0.119. The van der Waals surface area contributed by atoms with Crippen LogP contribution in [-0.4, -0.2) is 32.6 Å². The molecule has 6 nitrogen and oxygen atoms in total. The fourth-order valence-corrected chi connectivity index (χ4v) is 2.13. The Labute approximate surface area is 140 Å². The molecular formula is C18H20N2O4. The molecule has 0 saturated carbocycles. The number of hydrogen-bond donors (Lipinski definition) is 2. The molecule has 0 aliphatic rings. The number of hydrogen-bond acceptors (Lipinski definition) is 4. The summed E-state index contributed by atoms with van der Waals surface area (Å²) in [5.74, 6) is 0.552. The van der Waals surface area contributed by atoms with Gasteiger partial charge in [0.25, 0.3) is 0 Å². The van der Waals surface area contributed by atoms with Crippen LogP contribution < -0.4 is 20.1 Å². The van der Waals surface area contributed by atoms with E-state index in [2.05, 4.69) is 10.6 Å². The van der Waals surface area contributed by atoms with E-state index < -0.39 is 0 Å². The van der Waals surface area contributed by atoms with Gasteiger partial charge in [0.2, 0.25) is 11.8 Å². The van der Waals surface area contributed by atoms with Crippen LogP contribution in [0.15, 0.2) is 48.5 Å². The Morgan fingerprint density at radius 3 is 2.38 bits per heavy atom. The Hall–Kier alpha value is -3.02. The lowest BCUT2D eigenvalue weighted by Crippen LogP contribution is -2.33. The normalized spacial score (nSPS) is 9.92. The van der Waals surface area contributed by atoms with Crippen LogP contribution in [0.3, 0.4) is 0 Å². The lowest BCUT2D eigenvalue weighted by atomic mass is 10.1. The standard InChI is InChI=1S/C18H20N2O4/c1-23-14-8-9-16(24-2)15(11-14)20-18(22)12-19-17(21)10-13-6-4-3-5-7-13/h3-9,11H,10,12H2,1-2H3,(H,19,21)(H,20,22). The Morgan fingerprint density at radius 2 is 1.71 bits per heavy atom. The molecule has 0 aliphatic heterocycles. The van der Waals surface area contributed by atoms with Gasteiger partial charge in [-0.2, -0.15) is 0 Å². The molecule has 2 amide bonds. The first-order chi connectivity index (χ1) is 11.6. The Kier molecular flexibility index (Phi) is 6.19. The number of carbonyl (C=O) groups excluding carboxylic acids is 2. The second kappa shape index (κ2) is 8.57. The van der Waals surface area contributed by atoms with Gasteiger partial charge in [-0.05, 0) is 17.7 Å². The van der Waals surface area contributed by atoms with Crippen LogP contribution in [0, 0.1) is 0 Å². The van der Waals surface area contributed by atoms with Gasteiger partial charge >= 0.3 is 0 Å². The highest BCUT2D eigenvalue weighted by molar-refractivity contribution is 5.96. The summed E-state index contributed by atoms with van der Waals surface area (Å²) in [5, 5.41) is 5.29. The van der Waals surface area contributed by atoms with Gasteiger partial charge in [0.1, 0.15) is 11.5 Å². The van der Waals surface area contributed by atoms with E-state index in [1.54, 1.807) is 18.2 Å². The molecule has 126 valence electrons. The van der Waals surface area contributed by atoms with Gasteiger partial charge in [0.05, 0.1) is 32.9 Å². The molecule has 0 heterocycles. The van der Waals surface area contributed by atoms with Crippen molar-refractivity contribution in [1.82, 2.24) is 5.32 Å². The quantitative estimate of drug-likeness (QED) is 0.815. The fraction of sp³-hybridized carbons (Fsp3) is 0.222. The van der Waals surface area contributed by atoms with Crippen LogP contribution >= 0.6 is 0 Å². The molecule has 0 saturated heterocycles. The van der Waals surface area contributed by atoms with Crippen molar-refractivity contribution in [1.29, 1.82) is 0 Å². The van der Waals surface area contributed by atoms with Gasteiger partial charge < -0.3 is 20.1 Å². The first-order valence-corrected chi connectivity index (χ1v) is 7.45. The molecule has 2 N–H and O–H groups in total. The maximum Gasteiger partial charge on any atom is 0.243 e. The number of carbonyl (C=O) groups is 2. The van der Waals surface area contributed by atoms with E-state index in [-0.39, 0.29) is 24.8 Å². The second-order valence-electron chi connectivity index (χ2n) is 5.05. The average Bonchev–Trinajstić information content (AvgIpc) is 2.60. The SMILES string of the molecule is COc1ccc(OC)c(NC(=O)CNC(=O)Cc2ccccc2)c1. The van der Waals surface area contributed by atoms with Crippen molar-refractivity contribution < 1.29 is 19.1 Å². The van der Waals surface area contributed by atoms with E-state index in [0.29, 0.717) is 17.2 Å². The van der Waals surface area contributed by atoms with E-state index in [1.165, 1.54) is 14.2 Å². The number of benzene rings is 2. The molecule has 0 aromatic heterocycles. The van der Waals surface area contributed by atoms with Crippen molar-refractivity contribution in [2.24, 2.45) is 0 Å². The molecule has 0 spiro atoms. The Morgan fingerprint density at radius 1 is 0.958 bits per heavy atom. The summed E-state index contributed by atoms with van der Waals surface area (Å²) in [7, 11) is 3.05. The number of nitrogens with one attached hydrogen (secondary N) is 2. The minimum absolute atomic E-state index is 0.119. The van der Waals surface area contributed by atoms with Gasteiger partial charge in [-0.1, -0.05) is 30.3 Å². The van der Waals surface area contributed by atoms with Crippen molar-refractivity contribution >= 4 is 17.5 Å². The molecule has 0 atom stereocenters. The van der Waals surface area contributed by atoms with Crippen LogP contribution in [0.4, 0.5) is 5.69 Å². The third kappa shape index (κ3) is 5.01. The zero-order valence-electron chi connectivity index (χ0n) is 13.7. The van der Waals surface area contributed by atoms with Crippen molar-refractivity contribution in [3.05, 3.63) is 54.1 Å². The van der Waals surface area contributed by atoms with Crippen LogP contribution in [0.2, 0.25) is 0 Å². The lowest BCUT2D eigenvalue weighted by molar-refractivity contribution is -0.123. The summed E-state index contributed by atoms with van der Waals surface area (Å²) < 4.78 is 10.3. The minimum atomic E-state index is -0.344. The van der Waals surface area contributed by atoms with Gasteiger partial charge in [-0.3, -0.25) is 9.59 Å². The topological polar surface area (TPSA) is 76.7 Å². The van der Waals surface area contributed by atoms with Crippen LogP contribution in [0.25, 0.3) is 0 Å². The first kappa shape index (κ1) is 17.3. The lowest BCUT2D eigenvalue weighted by Gasteiger charge is -2.12. The summed E-state index contributed by atoms with van der Waals surface area (Å²) in [6, 6.07) is 14.4. The molecule has 0 fully saturated rings. The van der Waals surface area contributed by atoms with Gasteiger partial charge in [0, 0.05) is 6.07 Å². The minimum Gasteiger partial charge on any atom is -0.497 e. The monoisotopic (exact) mass is 328 g/mol. The maximum absolute atomic E-state index is 12.0. The van der Waals surface area contributed by atoms with Crippen molar-refractivity contribution in [2.75, 3.05) is 26.1 Å². The fourth-order valence-electron chi connectivity index (χ4n) is 2.13. The molecule has 0 bridgehead atoms. The maximum atomic E-state index is 12.0. The number of rotatable bonds is 7. The smallest absolute Gasteiger partial charge is 0.243 e. The van der Waals surface area contributed by atoms with Gasteiger partial charge in [0.15, 0.2) is 0 Å². The van der Waals surface area contributed by atoms with E-state index in [4.69, 9.17) is 9.47 Å². The molecule has 6 heteroatoms. The molecular weight excluding hydrogens is 308 g/mol. The molecule has 0 radical (unpaired) electrons. The molecule has 0 unspecified atom stereocenters. The number of methoxy groups -OCH3 is 2. The second-order valence-corrected chi connectivity index (χ2v) is 5.05. The molecule has 0 aliphatic carbocycles. The summed E-state index contributed by atoms with van der Waals surface area (Å²) in [4.78, 5) is 23.9. The van der Waals surface area contributed by atoms with Gasteiger partial charge in [-0.25, -0.2) is 0 Å². The number of amides is 2. The number of anilines is 1. The third-order valence-corrected chi connectivity index (χ3v) is 3.33. The summed E-state index contributed by atoms with van der Waals surface area (Å²) >= 11 is 0. The highest BCUT2D eigenvalue weighted by Gasteiger charge is 2.10. The van der Waals surface area contributed by atoms with E-state index >= 15 is 0 Å². The van der Waals surface area contributed by atoms with E-state index in [1.807, 2.05) is 30.3 Å². The Balaban J connectivity index is 1.88. The predicted octanol–water partition coefficient (Wildman–Crippen LogP) is 2.00. The highest BCUT2D eigenvalue weighted by atomic mass is 16.5. The molecule has 2 aromatic carbocycles. The summed E-state index contributed by atoms with van der Waals surface area (Å²) in [5.41, 5.74) is 1.38. The highest BCUT2D eigenvalue weighted by Crippen LogP contribution is 2.28. The zero-order valence-corrected chi connectivity index (χ0v) is 13.7. The zero-order chi connectivity index (χ0) is 17.4. The van der Waals surface area contributed by atoms with Crippen LogP contribution in [-0.2, 0) is 16.0 Å². The predicted molar refractivity (Wildman–Crippen MR) is 91.3 cm³/mol. The van der Waals surface area contributed by atoms with Crippen molar-refractivity contribution in [3.8, 4) is 11.5 Å². The van der Waals surface area contributed by atoms with E-state index in [0.717, 1.165) is 5.56 Å². The molecule has 2 rings (SSSR count). The van der Waals surface area contributed by atoms with Gasteiger partial charge in [-0.15, -0.1) is 0 Å². The summed E-state index contributed by atoms with van der Waals surface area (Å²) in [6.07, 6.45) is 0.233. The van der Waals surface area contributed by atoms with E-state index in [9.17, 15) is 9.59 Å². The number of ether oxygens (including phenoxy) is 2. The first-order valence-electron chi connectivity index (χ1n) is 7.45. The van der Waals surface area contributed by atoms with Crippen LogP contribution in [0.1, 0.15) is 5.56 Å². The van der Waals surface area contributed by atoms with Crippen LogP contribution in [0.5, 0.6) is 11.5 Å². The Bertz CT molecular complexity index is 701. The van der Waals surface area contributed by atoms with Crippen molar-refractivity contribution in [3.63, 3.8) is 0 Å². The third-order valence-electron chi connectivity index (χ3n) is 3.33. The largest absolute Gasteiger partial charge is 0.497 e. The molecule has 24 heavy (non-hydrogen) atoms. The molecule has 2 aromatic rings.